The van der Waals surface area contributed by atoms with Gasteiger partial charge in [-0.15, -0.1) is 0 Å². The molecule has 2 aromatic rings. The molecule has 1 aromatic heterocycles. The minimum absolute atomic E-state index is 0.0620. The number of benzene rings is 1. The van der Waals surface area contributed by atoms with Crippen molar-refractivity contribution < 1.29 is 4.74 Å². The van der Waals surface area contributed by atoms with Crippen LogP contribution in [-0.4, -0.2) is 16.2 Å². The summed E-state index contributed by atoms with van der Waals surface area (Å²) in [7, 11) is 1.99. The molecule has 100 valence electrons. The van der Waals surface area contributed by atoms with Crippen LogP contribution in [0.1, 0.15) is 23.0 Å². The fourth-order valence-electron chi connectivity index (χ4n) is 2.47. The number of nitrogens with one attached hydrogen (secondary N) is 1. The molecule has 0 amide bonds. The van der Waals surface area contributed by atoms with Gasteiger partial charge in [0.25, 0.3) is 0 Å². The van der Waals surface area contributed by atoms with Crippen molar-refractivity contribution >= 4 is 0 Å². The zero-order valence-electron chi connectivity index (χ0n) is 11.0. The number of hydrazine groups is 1. The molecule has 0 spiro atoms. The van der Waals surface area contributed by atoms with Crippen LogP contribution in [0, 0.1) is 0 Å². The summed E-state index contributed by atoms with van der Waals surface area (Å²) >= 11 is 0. The molecule has 1 unspecified atom stereocenters. The molecule has 2 heterocycles. The van der Waals surface area contributed by atoms with E-state index in [0.29, 0.717) is 0 Å². The maximum Gasteiger partial charge on any atom is 0.122 e. The van der Waals surface area contributed by atoms with E-state index in [1.54, 1.807) is 6.20 Å². The lowest BCUT2D eigenvalue weighted by Gasteiger charge is -2.17. The fraction of sp³-hybridized carbons (Fsp3) is 0.357. The second-order valence-electron chi connectivity index (χ2n) is 4.84. The van der Waals surface area contributed by atoms with Crippen LogP contribution in [0.2, 0.25) is 0 Å². The van der Waals surface area contributed by atoms with Gasteiger partial charge in [-0.1, -0.05) is 12.1 Å². The van der Waals surface area contributed by atoms with Crippen LogP contribution in [0.25, 0.3) is 0 Å². The zero-order valence-corrected chi connectivity index (χ0v) is 11.0. The van der Waals surface area contributed by atoms with Gasteiger partial charge in [0.15, 0.2) is 0 Å². The van der Waals surface area contributed by atoms with Gasteiger partial charge >= 0.3 is 0 Å². The third kappa shape index (κ3) is 2.34. The van der Waals surface area contributed by atoms with E-state index in [-0.39, 0.29) is 6.04 Å². The van der Waals surface area contributed by atoms with E-state index in [0.717, 1.165) is 31.0 Å². The van der Waals surface area contributed by atoms with E-state index in [9.17, 15) is 0 Å². The molecule has 0 aliphatic carbocycles. The standard InChI is InChI=1S/C14H18N4O/c1-18-6-5-16-14(18)9-12(17-15)10-2-3-13-11(8-10)4-7-19-13/h2-3,5-6,8,12,17H,4,7,9,15H2,1H3. The molecule has 3 N–H and O–H groups in total. The number of rotatable bonds is 4. The molecular formula is C14H18N4O. The number of hydrogen-bond acceptors (Lipinski definition) is 4. The summed E-state index contributed by atoms with van der Waals surface area (Å²) in [5.74, 6) is 7.71. The van der Waals surface area contributed by atoms with E-state index in [2.05, 4.69) is 22.5 Å². The molecule has 5 heteroatoms. The van der Waals surface area contributed by atoms with Gasteiger partial charge in [0, 0.05) is 32.3 Å². The molecular weight excluding hydrogens is 240 g/mol. The molecule has 0 bridgehead atoms. The summed E-state index contributed by atoms with van der Waals surface area (Å²) in [6, 6.07) is 6.33. The van der Waals surface area contributed by atoms with Gasteiger partial charge in [0.1, 0.15) is 11.6 Å². The maximum atomic E-state index is 5.70. The van der Waals surface area contributed by atoms with Gasteiger partial charge in [-0.05, 0) is 17.2 Å². The van der Waals surface area contributed by atoms with E-state index < -0.39 is 0 Å². The monoisotopic (exact) mass is 258 g/mol. The molecule has 1 aromatic carbocycles. The van der Waals surface area contributed by atoms with Gasteiger partial charge in [0.2, 0.25) is 0 Å². The quantitative estimate of drug-likeness (QED) is 0.637. The second kappa shape index (κ2) is 5.03. The van der Waals surface area contributed by atoms with Crippen molar-refractivity contribution in [2.75, 3.05) is 6.61 Å². The Morgan fingerprint density at radius 1 is 1.53 bits per heavy atom. The van der Waals surface area contributed by atoms with Crippen LogP contribution >= 0.6 is 0 Å². The summed E-state index contributed by atoms with van der Waals surface area (Å²) in [5.41, 5.74) is 5.32. The molecule has 0 radical (unpaired) electrons. The molecule has 1 aliphatic heterocycles. The highest BCUT2D eigenvalue weighted by Gasteiger charge is 2.17. The summed E-state index contributed by atoms with van der Waals surface area (Å²) in [5, 5.41) is 0. The Hall–Kier alpha value is -1.85. The maximum absolute atomic E-state index is 5.70. The number of aryl methyl sites for hydroxylation is 1. The van der Waals surface area contributed by atoms with Crippen LogP contribution in [0.3, 0.4) is 0 Å². The molecule has 0 saturated heterocycles. The average molecular weight is 258 g/mol. The molecule has 0 fully saturated rings. The predicted octanol–water partition coefficient (Wildman–Crippen LogP) is 1.10. The third-order valence-electron chi connectivity index (χ3n) is 3.62. The summed E-state index contributed by atoms with van der Waals surface area (Å²) in [6.45, 7) is 0.777. The summed E-state index contributed by atoms with van der Waals surface area (Å²) in [6.07, 6.45) is 5.49. The van der Waals surface area contributed by atoms with Crippen LogP contribution in [0.15, 0.2) is 30.6 Å². The van der Waals surface area contributed by atoms with E-state index in [4.69, 9.17) is 10.6 Å². The van der Waals surface area contributed by atoms with E-state index >= 15 is 0 Å². The first-order chi connectivity index (χ1) is 9.28. The van der Waals surface area contributed by atoms with Gasteiger partial charge in [-0.25, -0.2) is 4.98 Å². The van der Waals surface area contributed by atoms with Crippen LogP contribution in [0.5, 0.6) is 5.75 Å². The Balaban J connectivity index is 1.84. The molecule has 5 nitrogen and oxygen atoms in total. The van der Waals surface area contributed by atoms with Crippen molar-refractivity contribution in [3.63, 3.8) is 0 Å². The summed E-state index contributed by atoms with van der Waals surface area (Å²) < 4.78 is 7.54. The first-order valence-electron chi connectivity index (χ1n) is 6.46. The first-order valence-corrected chi connectivity index (χ1v) is 6.46. The number of nitrogens with zero attached hydrogens (tertiary/aromatic N) is 2. The largest absolute Gasteiger partial charge is 0.493 e. The topological polar surface area (TPSA) is 65.1 Å². The molecule has 19 heavy (non-hydrogen) atoms. The fourth-order valence-corrected chi connectivity index (χ4v) is 2.47. The normalized spacial score (nSPS) is 15.1. The number of hydrogen-bond donors (Lipinski definition) is 2. The van der Waals surface area contributed by atoms with Crippen LogP contribution in [0.4, 0.5) is 0 Å². The van der Waals surface area contributed by atoms with Crippen LogP contribution in [-0.2, 0) is 19.9 Å². The Morgan fingerprint density at radius 2 is 2.42 bits per heavy atom. The molecule has 1 aliphatic rings. The van der Waals surface area contributed by atoms with Crippen LogP contribution < -0.4 is 16.0 Å². The van der Waals surface area contributed by atoms with Gasteiger partial charge in [0.05, 0.1) is 12.6 Å². The Labute approximate surface area is 112 Å². The lowest BCUT2D eigenvalue weighted by Crippen LogP contribution is -2.30. The predicted molar refractivity (Wildman–Crippen MR) is 72.6 cm³/mol. The summed E-state index contributed by atoms with van der Waals surface area (Å²) in [4.78, 5) is 4.34. The number of nitrogens with two attached hydrogens (primary N) is 1. The lowest BCUT2D eigenvalue weighted by molar-refractivity contribution is 0.356. The van der Waals surface area contributed by atoms with Gasteiger partial charge in [-0.3, -0.25) is 11.3 Å². The highest BCUT2D eigenvalue weighted by molar-refractivity contribution is 5.41. The number of imidazole rings is 1. The number of fused-ring (bicyclic) bond motifs is 1. The Bertz CT molecular complexity index is 579. The Morgan fingerprint density at radius 3 is 3.16 bits per heavy atom. The number of ether oxygens (including phenoxy) is 1. The van der Waals surface area contributed by atoms with Crippen molar-refractivity contribution in [1.29, 1.82) is 0 Å². The van der Waals surface area contributed by atoms with E-state index in [1.165, 1.54) is 11.1 Å². The highest BCUT2D eigenvalue weighted by atomic mass is 16.5. The number of aromatic nitrogens is 2. The van der Waals surface area contributed by atoms with Crippen molar-refractivity contribution in [2.45, 2.75) is 18.9 Å². The highest BCUT2D eigenvalue weighted by Crippen LogP contribution is 2.28. The van der Waals surface area contributed by atoms with Gasteiger partial charge < -0.3 is 9.30 Å². The SMILES string of the molecule is Cn1ccnc1CC(NN)c1ccc2c(c1)CCO2. The lowest BCUT2D eigenvalue weighted by atomic mass is 10.0. The zero-order chi connectivity index (χ0) is 13.2. The van der Waals surface area contributed by atoms with Crippen molar-refractivity contribution in [3.05, 3.63) is 47.5 Å². The minimum Gasteiger partial charge on any atom is -0.493 e. The third-order valence-corrected chi connectivity index (χ3v) is 3.62. The second-order valence-corrected chi connectivity index (χ2v) is 4.84. The molecule has 3 rings (SSSR count). The average Bonchev–Trinajstić information content (AvgIpc) is 3.04. The first kappa shape index (κ1) is 12.2. The molecule has 0 saturated carbocycles. The minimum atomic E-state index is 0.0620. The van der Waals surface area contributed by atoms with Crippen molar-refractivity contribution in [3.8, 4) is 5.75 Å². The van der Waals surface area contributed by atoms with Crippen molar-refractivity contribution in [2.24, 2.45) is 12.9 Å². The Kier molecular flexibility index (Phi) is 3.23. The smallest absolute Gasteiger partial charge is 0.122 e. The molecule has 1 atom stereocenters. The van der Waals surface area contributed by atoms with E-state index in [1.807, 2.05) is 23.9 Å². The van der Waals surface area contributed by atoms with Gasteiger partial charge in [-0.2, -0.15) is 0 Å². The van der Waals surface area contributed by atoms with Crippen molar-refractivity contribution in [1.82, 2.24) is 15.0 Å².